The van der Waals surface area contributed by atoms with Gasteiger partial charge < -0.3 is 43.6 Å². The Kier molecular flexibility index (Phi) is 21.9. The molecule has 0 saturated carbocycles. The number of halogens is 2. The van der Waals surface area contributed by atoms with Crippen LogP contribution in [0.5, 0.6) is 5.75 Å². The van der Waals surface area contributed by atoms with Crippen molar-refractivity contribution in [2.75, 3.05) is 49.2 Å². The zero-order chi connectivity index (χ0) is 40.0. The summed E-state index contributed by atoms with van der Waals surface area (Å²) in [7, 11) is -5.39. The fourth-order valence-corrected chi connectivity index (χ4v) is 7.24. The van der Waals surface area contributed by atoms with Crippen LogP contribution in [0.25, 0.3) is 5.69 Å². The first-order valence-electron chi connectivity index (χ1n) is 18.1. The van der Waals surface area contributed by atoms with E-state index in [1.807, 2.05) is 43.3 Å². The van der Waals surface area contributed by atoms with E-state index in [0.717, 1.165) is 55.1 Å². The van der Waals surface area contributed by atoms with Crippen LogP contribution in [0.4, 0.5) is 20.2 Å². The number of hydrogen-bond donors (Lipinski definition) is 1. The minimum absolute atomic E-state index is 0. The Bertz CT molecular complexity index is 2150. The molecule has 59 heavy (non-hydrogen) atoms. The van der Waals surface area contributed by atoms with E-state index in [2.05, 4.69) is 37.1 Å². The number of aliphatic hydroxyl groups excluding tert-OH is 1. The first-order valence-corrected chi connectivity index (χ1v) is 19.5. The predicted octanol–water partition coefficient (Wildman–Crippen LogP) is -7.24. The molecular formula is C37H42F2K3N8O8P. The summed E-state index contributed by atoms with van der Waals surface area (Å²) < 4.78 is 54.1. The molecule has 7 rings (SSSR count). The fourth-order valence-electron chi connectivity index (χ4n) is 7.24. The second-order valence-corrected chi connectivity index (χ2v) is 14.7. The van der Waals surface area contributed by atoms with E-state index >= 15 is 0 Å². The number of benzene rings is 3. The second kappa shape index (κ2) is 24.3. The van der Waals surface area contributed by atoms with Crippen molar-refractivity contribution in [3.8, 4) is 11.4 Å². The topological polar surface area (TPSA) is 202 Å². The summed E-state index contributed by atoms with van der Waals surface area (Å²) in [4.78, 5) is 47.3. The molecule has 5 aromatic rings. The van der Waals surface area contributed by atoms with Crippen molar-refractivity contribution in [3.63, 3.8) is 0 Å². The molecule has 16 nitrogen and oxygen atoms in total. The number of hydrogen-bond acceptors (Lipinski definition) is 13. The van der Waals surface area contributed by atoms with Gasteiger partial charge in [0.2, 0.25) is 0 Å². The number of phosphoric acid groups is 1. The zero-order valence-corrected chi connectivity index (χ0v) is 44.0. The van der Waals surface area contributed by atoms with Crippen LogP contribution in [0.2, 0.25) is 0 Å². The largest absolute Gasteiger partial charge is 1.00 e. The van der Waals surface area contributed by atoms with Gasteiger partial charge in [-0.15, -0.1) is 0 Å². The van der Waals surface area contributed by atoms with Crippen molar-refractivity contribution >= 4 is 19.2 Å². The Morgan fingerprint density at radius 2 is 1.49 bits per heavy atom. The van der Waals surface area contributed by atoms with Crippen LogP contribution >= 0.6 is 7.82 Å². The summed E-state index contributed by atoms with van der Waals surface area (Å²) >= 11 is 0. The summed E-state index contributed by atoms with van der Waals surface area (Å²) in [6.45, 7) is 7.97. The first-order chi connectivity index (χ1) is 26.7. The van der Waals surface area contributed by atoms with E-state index in [1.165, 1.54) is 34.0 Å². The normalized spacial score (nSPS) is 18.7. The quantitative estimate of drug-likeness (QED) is 0.0916. The molecule has 4 atom stereocenters. The van der Waals surface area contributed by atoms with Gasteiger partial charge >= 0.3 is 160 Å². The summed E-state index contributed by atoms with van der Waals surface area (Å²) in [5, 5.41) is 18.5. The van der Waals surface area contributed by atoms with E-state index in [-0.39, 0.29) is 178 Å². The number of anilines is 2. The van der Waals surface area contributed by atoms with Crippen LogP contribution in [0, 0.1) is 17.6 Å². The Labute approximate surface area is 468 Å². The number of ether oxygens (including phenoxy) is 2. The van der Waals surface area contributed by atoms with Crippen molar-refractivity contribution < 1.29 is 197 Å². The van der Waals surface area contributed by atoms with Gasteiger partial charge in [-0.2, -0.15) is 18.0 Å². The molecular weight excluding hydrogens is 871 g/mol. The second-order valence-electron chi connectivity index (χ2n) is 13.8. The van der Waals surface area contributed by atoms with E-state index in [1.54, 1.807) is 17.9 Å². The Morgan fingerprint density at radius 1 is 0.915 bits per heavy atom. The van der Waals surface area contributed by atoms with Gasteiger partial charge in [0.05, 0.1) is 37.6 Å². The molecule has 0 radical (unpaired) electrons. The molecule has 2 aromatic heterocycles. The average Bonchev–Trinajstić information content (AvgIpc) is 3.92. The van der Waals surface area contributed by atoms with Crippen LogP contribution in [-0.2, 0) is 21.4 Å². The molecule has 0 spiro atoms. The smallest absolute Gasteiger partial charge is 0.822 e. The van der Waals surface area contributed by atoms with Crippen molar-refractivity contribution in [3.05, 3.63) is 113 Å². The third-order valence-corrected chi connectivity index (χ3v) is 9.96. The van der Waals surface area contributed by atoms with Crippen molar-refractivity contribution in [2.24, 2.45) is 5.92 Å². The van der Waals surface area contributed by atoms with Crippen molar-refractivity contribution in [2.45, 2.75) is 51.0 Å². The van der Waals surface area contributed by atoms with Gasteiger partial charge in [-0.3, -0.25) is 0 Å². The first kappa shape index (κ1) is 53.3. The molecule has 0 aliphatic carbocycles. The van der Waals surface area contributed by atoms with Gasteiger partial charge in [-0.1, -0.05) is 13.0 Å². The molecule has 4 heterocycles. The molecule has 2 aliphatic rings. The number of aromatic nitrogens is 6. The van der Waals surface area contributed by atoms with Gasteiger partial charge in [0, 0.05) is 55.1 Å². The summed E-state index contributed by atoms with van der Waals surface area (Å²) in [6.07, 6.45) is 4.88. The van der Waals surface area contributed by atoms with Crippen molar-refractivity contribution in [1.29, 1.82) is 0 Å². The zero-order valence-electron chi connectivity index (χ0n) is 33.8. The van der Waals surface area contributed by atoms with Crippen LogP contribution in [0.15, 0.2) is 90.5 Å². The molecule has 0 amide bonds. The molecule has 3 aromatic carbocycles. The van der Waals surface area contributed by atoms with Crippen LogP contribution in [0.3, 0.4) is 0 Å². The van der Waals surface area contributed by atoms with E-state index in [9.17, 15) is 18.7 Å². The third kappa shape index (κ3) is 14.5. The fraction of sp³-hybridized carbons (Fsp3) is 0.405. The van der Waals surface area contributed by atoms with Crippen LogP contribution in [-0.4, -0.2) is 79.7 Å². The molecule has 2 fully saturated rings. The summed E-state index contributed by atoms with van der Waals surface area (Å²) in [5.41, 5.74) is 1.93. The van der Waals surface area contributed by atoms with Crippen LogP contribution < -0.4 is 189 Å². The van der Waals surface area contributed by atoms with Gasteiger partial charge in [-0.25, -0.2) is 32.5 Å². The van der Waals surface area contributed by atoms with Gasteiger partial charge in [0.15, 0.2) is 0 Å². The van der Waals surface area contributed by atoms with Crippen LogP contribution in [0.1, 0.15) is 38.3 Å². The number of rotatable bonds is 12. The monoisotopic (exact) mass is 912 g/mol. The molecule has 2 saturated heterocycles. The molecule has 0 unspecified atom stereocenters. The predicted molar refractivity (Wildman–Crippen MR) is 195 cm³/mol. The van der Waals surface area contributed by atoms with Gasteiger partial charge in [0.1, 0.15) is 42.0 Å². The average molecular weight is 913 g/mol. The molecule has 1 N–H and O–H groups in total. The minimum atomic E-state index is -5.39. The summed E-state index contributed by atoms with van der Waals surface area (Å²) in [6, 6.07) is 19.2. The maximum absolute atomic E-state index is 15.0. The van der Waals surface area contributed by atoms with Gasteiger partial charge in [0.25, 0.3) is 0 Å². The third-order valence-electron chi connectivity index (χ3n) is 9.96. The number of piperazine rings is 1. The summed E-state index contributed by atoms with van der Waals surface area (Å²) in [5.74, 6) is -0.563. The van der Waals surface area contributed by atoms with E-state index < -0.39 is 31.2 Å². The van der Waals surface area contributed by atoms with Crippen molar-refractivity contribution in [1.82, 2.24) is 29.1 Å². The molecule has 2 aliphatic heterocycles. The maximum Gasteiger partial charge on any atom is 1.00 e. The Morgan fingerprint density at radius 3 is 2.02 bits per heavy atom. The Hall–Kier alpha value is -0.0609. The number of aliphatic hydroxyl groups is 1. The Balaban J connectivity index is 0.00000110. The molecule has 22 heteroatoms. The molecule has 300 valence electrons. The minimum Gasteiger partial charge on any atom is -0.822 e. The van der Waals surface area contributed by atoms with Gasteiger partial charge in [-0.05, 0) is 74.4 Å². The standard InChI is InChI=1S/C37H42F2N8O4.3K.H3O4P/c1-3-35(26(2)48)47-36(49)46(25-42-47)31-7-5-29(6-8-31)43-14-16-44(17-15-43)30-9-11-32(12-10-30)50-20-27-19-37(51-21-27,22-45-24-40-23-41-45)33-13-4-28(38)18-34(33)39;;;;1-5(2,3)4/h4-13,18,23-27,35,48H,3,14-17,19-22H2,1-2H3;;;;(H3,1,2,3,4)/q;3*+1;/p-3/t26-,27+,35-,37-;;;;/m0..../s1. The van der Waals surface area contributed by atoms with E-state index in [0.29, 0.717) is 31.6 Å². The molecule has 0 bridgehead atoms. The SMILES string of the molecule is CC[C@@H]([C@H](C)O)n1ncn(-c2ccc(N3CCN(c4ccc(OC[C@@H]5CO[C@@](Cn6cncn6)(c6ccc(F)cc6F)C5)cc4)CC3)cc2)c1=O.O=P([O-])([O-])[O-].[K+].[K+].[K+]. The number of nitrogens with zero attached hydrogens (tertiary/aromatic N) is 8. The van der Waals surface area contributed by atoms with E-state index in [4.69, 9.17) is 28.7 Å². The maximum atomic E-state index is 15.0.